The van der Waals surface area contributed by atoms with Gasteiger partial charge in [0.15, 0.2) is 0 Å². The van der Waals surface area contributed by atoms with E-state index in [1.807, 2.05) is 0 Å². The highest BCUT2D eigenvalue weighted by Gasteiger charge is 2.10. The molecule has 1 unspecified atom stereocenters. The van der Waals surface area contributed by atoms with Crippen LogP contribution in [-0.2, 0) is 4.74 Å². The molecule has 2 heteroatoms. The molecule has 0 aromatic rings. The minimum atomic E-state index is 0.343. The van der Waals surface area contributed by atoms with Crippen molar-refractivity contribution in [3.05, 3.63) is 0 Å². The van der Waals surface area contributed by atoms with E-state index in [-0.39, 0.29) is 0 Å². The zero-order chi connectivity index (χ0) is 9.56. The molecule has 0 saturated carbocycles. The summed E-state index contributed by atoms with van der Waals surface area (Å²) in [6.07, 6.45) is 1.43. The lowest BCUT2D eigenvalue weighted by atomic mass is 9.93. The molecule has 0 fully saturated rings. The van der Waals surface area contributed by atoms with E-state index in [0.717, 1.165) is 19.6 Å². The standard InChI is InChI=1S/C10H23NO/c1-8(2)10(7-11)5-6-12-9(3)4/h8-10H,5-7,11H2,1-4H3. The zero-order valence-corrected chi connectivity index (χ0v) is 8.84. The van der Waals surface area contributed by atoms with Crippen LogP contribution in [0.2, 0.25) is 0 Å². The highest BCUT2D eigenvalue weighted by molar-refractivity contribution is 4.63. The monoisotopic (exact) mass is 173 g/mol. The molecule has 0 aromatic carbocycles. The Morgan fingerprint density at radius 1 is 1.17 bits per heavy atom. The minimum Gasteiger partial charge on any atom is -0.379 e. The molecular formula is C10H23NO. The zero-order valence-electron chi connectivity index (χ0n) is 8.84. The van der Waals surface area contributed by atoms with Crippen molar-refractivity contribution >= 4 is 0 Å². The highest BCUT2D eigenvalue weighted by Crippen LogP contribution is 2.13. The van der Waals surface area contributed by atoms with Gasteiger partial charge in [0.2, 0.25) is 0 Å². The fourth-order valence-corrected chi connectivity index (χ4v) is 1.18. The molecule has 12 heavy (non-hydrogen) atoms. The molecular weight excluding hydrogens is 150 g/mol. The van der Waals surface area contributed by atoms with Gasteiger partial charge in [-0.2, -0.15) is 0 Å². The summed E-state index contributed by atoms with van der Waals surface area (Å²) < 4.78 is 5.47. The maximum atomic E-state index is 5.64. The van der Waals surface area contributed by atoms with Crippen molar-refractivity contribution in [2.45, 2.75) is 40.2 Å². The number of hydrogen-bond donors (Lipinski definition) is 1. The molecule has 0 rings (SSSR count). The summed E-state index contributed by atoms with van der Waals surface area (Å²) in [6.45, 7) is 10.2. The van der Waals surface area contributed by atoms with Gasteiger partial charge in [0.1, 0.15) is 0 Å². The van der Waals surface area contributed by atoms with Gasteiger partial charge < -0.3 is 10.5 Å². The summed E-state index contributed by atoms with van der Waals surface area (Å²) in [5.74, 6) is 1.29. The molecule has 0 aliphatic rings. The van der Waals surface area contributed by atoms with E-state index < -0.39 is 0 Å². The molecule has 0 bridgehead atoms. The van der Waals surface area contributed by atoms with E-state index in [0.29, 0.717) is 17.9 Å². The van der Waals surface area contributed by atoms with Crippen molar-refractivity contribution in [3.63, 3.8) is 0 Å². The molecule has 0 aliphatic carbocycles. The largest absolute Gasteiger partial charge is 0.379 e. The molecule has 0 amide bonds. The maximum Gasteiger partial charge on any atom is 0.0518 e. The number of hydrogen-bond acceptors (Lipinski definition) is 2. The smallest absolute Gasteiger partial charge is 0.0518 e. The third kappa shape index (κ3) is 5.56. The summed E-state index contributed by atoms with van der Waals surface area (Å²) >= 11 is 0. The normalized spacial score (nSPS) is 14.2. The molecule has 0 spiro atoms. The fraction of sp³-hybridized carbons (Fsp3) is 1.00. The van der Waals surface area contributed by atoms with E-state index in [1.165, 1.54) is 0 Å². The number of rotatable bonds is 6. The third-order valence-corrected chi connectivity index (χ3v) is 2.19. The molecule has 0 aliphatic heterocycles. The van der Waals surface area contributed by atoms with Gasteiger partial charge in [-0.1, -0.05) is 13.8 Å². The number of ether oxygens (including phenoxy) is 1. The Morgan fingerprint density at radius 3 is 2.08 bits per heavy atom. The van der Waals surface area contributed by atoms with Crippen molar-refractivity contribution in [1.82, 2.24) is 0 Å². The Hall–Kier alpha value is -0.0800. The van der Waals surface area contributed by atoms with Crippen LogP contribution < -0.4 is 5.73 Å². The first-order chi connectivity index (χ1) is 5.57. The highest BCUT2D eigenvalue weighted by atomic mass is 16.5. The lowest BCUT2D eigenvalue weighted by molar-refractivity contribution is 0.0649. The molecule has 0 saturated heterocycles. The first-order valence-corrected chi connectivity index (χ1v) is 4.89. The van der Waals surface area contributed by atoms with Crippen molar-refractivity contribution in [1.29, 1.82) is 0 Å². The fourth-order valence-electron chi connectivity index (χ4n) is 1.18. The summed E-state index contributed by atoms with van der Waals surface area (Å²) in [7, 11) is 0. The second-order valence-corrected chi connectivity index (χ2v) is 3.95. The van der Waals surface area contributed by atoms with Crippen LogP contribution in [0.1, 0.15) is 34.1 Å². The molecule has 2 N–H and O–H groups in total. The van der Waals surface area contributed by atoms with E-state index in [9.17, 15) is 0 Å². The molecule has 1 atom stereocenters. The Bertz CT molecular complexity index is 102. The Kier molecular flexibility index (Phi) is 6.39. The van der Waals surface area contributed by atoms with Gasteiger partial charge in [0.05, 0.1) is 6.10 Å². The lowest BCUT2D eigenvalue weighted by Gasteiger charge is -2.19. The van der Waals surface area contributed by atoms with Crippen LogP contribution >= 0.6 is 0 Å². The van der Waals surface area contributed by atoms with E-state index in [1.54, 1.807) is 0 Å². The topological polar surface area (TPSA) is 35.2 Å². The van der Waals surface area contributed by atoms with Gasteiger partial charge in [-0.15, -0.1) is 0 Å². The van der Waals surface area contributed by atoms with Gasteiger partial charge in [-0.25, -0.2) is 0 Å². The maximum absolute atomic E-state index is 5.64. The molecule has 2 nitrogen and oxygen atoms in total. The first kappa shape index (κ1) is 11.9. The summed E-state index contributed by atoms with van der Waals surface area (Å²) in [5.41, 5.74) is 5.64. The van der Waals surface area contributed by atoms with Gasteiger partial charge >= 0.3 is 0 Å². The van der Waals surface area contributed by atoms with Crippen molar-refractivity contribution in [2.75, 3.05) is 13.2 Å². The molecule has 0 heterocycles. The minimum absolute atomic E-state index is 0.343. The predicted molar refractivity (Wildman–Crippen MR) is 53.1 cm³/mol. The Labute approximate surface area is 76.5 Å². The second kappa shape index (κ2) is 6.44. The lowest BCUT2D eigenvalue weighted by Crippen LogP contribution is -2.22. The van der Waals surface area contributed by atoms with Crippen LogP contribution in [0.4, 0.5) is 0 Å². The summed E-state index contributed by atoms with van der Waals surface area (Å²) in [6, 6.07) is 0. The Morgan fingerprint density at radius 2 is 1.75 bits per heavy atom. The summed E-state index contributed by atoms with van der Waals surface area (Å²) in [5, 5.41) is 0. The van der Waals surface area contributed by atoms with Crippen LogP contribution in [0.3, 0.4) is 0 Å². The quantitative estimate of drug-likeness (QED) is 0.667. The summed E-state index contributed by atoms with van der Waals surface area (Å²) in [4.78, 5) is 0. The third-order valence-electron chi connectivity index (χ3n) is 2.19. The van der Waals surface area contributed by atoms with E-state index in [2.05, 4.69) is 27.7 Å². The van der Waals surface area contributed by atoms with Crippen LogP contribution in [0.15, 0.2) is 0 Å². The van der Waals surface area contributed by atoms with Crippen molar-refractivity contribution < 1.29 is 4.74 Å². The molecule has 0 aromatic heterocycles. The van der Waals surface area contributed by atoms with Gasteiger partial charge in [0.25, 0.3) is 0 Å². The molecule has 74 valence electrons. The van der Waals surface area contributed by atoms with Crippen molar-refractivity contribution in [2.24, 2.45) is 17.6 Å². The average molecular weight is 173 g/mol. The number of nitrogens with two attached hydrogens (primary N) is 1. The van der Waals surface area contributed by atoms with Crippen LogP contribution in [0, 0.1) is 11.8 Å². The van der Waals surface area contributed by atoms with E-state index >= 15 is 0 Å². The van der Waals surface area contributed by atoms with Crippen LogP contribution in [0.25, 0.3) is 0 Å². The van der Waals surface area contributed by atoms with Crippen LogP contribution in [-0.4, -0.2) is 19.3 Å². The second-order valence-electron chi connectivity index (χ2n) is 3.95. The SMILES string of the molecule is CC(C)OCCC(CN)C(C)C. The van der Waals surface area contributed by atoms with E-state index in [4.69, 9.17) is 10.5 Å². The van der Waals surface area contributed by atoms with Gasteiger partial charge in [-0.3, -0.25) is 0 Å². The predicted octanol–water partition coefficient (Wildman–Crippen LogP) is 2.03. The Balaban J connectivity index is 3.45. The molecule has 0 radical (unpaired) electrons. The van der Waals surface area contributed by atoms with Gasteiger partial charge in [0, 0.05) is 6.61 Å². The van der Waals surface area contributed by atoms with Gasteiger partial charge in [-0.05, 0) is 38.6 Å². The van der Waals surface area contributed by atoms with Crippen molar-refractivity contribution in [3.8, 4) is 0 Å². The average Bonchev–Trinajstić information content (AvgIpc) is 1.96. The first-order valence-electron chi connectivity index (χ1n) is 4.89. The van der Waals surface area contributed by atoms with Crippen LogP contribution in [0.5, 0.6) is 0 Å².